The Kier molecular flexibility index (Phi) is 4.55. The lowest BCUT2D eigenvalue weighted by molar-refractivity contribution is 0.0787. The minimum atomic E-state index is -0.997. The molecule has 0 spiro atoms. The number of hydrogen-bond acceptors (Lipinski definition) is 2. The molecule has 0 saturated carbocycles. The number of rotatable bonds is 6. The predicted octanol–water partition coefficient (Wildman–Crippen LogP) is 3.86. The van der Waals surface area contributed by atoms with E-state index in [-0.39, 0.29) is 0 Å². The Morgan fingerprint density at radius 3 is 2.53 bits per heavy atom. The second-order valence-corrected chi connectivity index (χ2v) is 11.6. The average molecular weight is 274 g/mol. The summed E-state index contributed by atoms with van der Waals surface area (Å²) in [7, 11) is -0.997. The molecule has 0 amide bonds. The summed E-state index contributed by atoms with van der Waals surface area (Å²) in [4.78, 5) is 0. The predicted molar refractivity (Wildman–Crippen MR) is 81.8 cm³/mol. The molecule has 0 aliphatic rings. The van der Waals surface area contributed by atoms with Crippen LogP contribution in [0, 0.1) is 0 Å². The van der Waals surface area contributed by atoms with Crippen LogP contribution >= 0.6 is 0 Å². The SMILES string of the molecule is C[Si](C)(C)CCOCn1ccc(-c2ccccc2)n1. The molecule has 19 heavy (non-hydrogen) atoms. The molecule has 0 N–H and O–H groups in total. The highest BCUT2D eigenvalue weighted by molar-refractivity contribution is 6.76. The number of benzene rings is 1. The maximum absolute atomic E-state index is 5.68. The zero-order valence-corrected chi connectivity index (χ0v) is 13.0. The van der Waals surface area contributed by atoms with E-state index in [4.69, 9.17) is 4.74 Å². The van der Waals surface area contributed by atoms with Gasteiger partial charge < -0.3 is 4.74 Å². The first-order valence-corrected chi connectivity index (χ1v) is 10.4. The summed E-state index contributed by atoms with van der Waals surface area (Å²) >= 11 is 0. The van der Waals surface area contributed by atoms with Gasteiger partial charge in [0.2, 0.25) is 0 Å². The van der Waals surface area contributed by atoms with Crippen LogP contribution < -0.4 is 0 Å². The van der Waals surface area contributed by atoms with Crippen LogP contribution in [-0.2, 0) is 11.5 Å². The standard InChI is InChI=1S/C15H22N2OSi/c1-19(2,3)12-11-18-13-17-10-9-15(16-17)14-7-5-4-6-8-14/h4-10H,11-13H2,1-3H3. The van der Waals surface area contributed by atoms with Gasteiger partial charge in [0.15, 0.2) is 0 Å². The molecule has 1 aromatic carbocycles. The first-order valence-electron chi connectivity index (χ1n) is 6.71. The molecule has 0 atom stereocenters. The van der Waals surface area contributed by atoms with E-state index in [0.717, 1.165) is 17.9 Å². The Labute approximate surface area is 116 Å². The van der Waals surface area contributed by atoms with E-state index in [1.165, 1.54) is 6.04 Å². The molecule has 0 radical (unpaired) electrons. The van der Waals surface area contributed by atoms with Crippen LogP contribution in [0.2, 0.25) is 25.7 Å². The molecule has 0 unspecified atom stereocenters. The molecular formula is C15H22N2OSi. The van der Waals surface area contributed by atoms with E-state index in [9.17, 15) is 0 Å². The van der Waals surface area contributed by atoms with E-state index in [0.29, 0.717) is 6.73 Å². The zero-order valence-electron chi connectivity index (χ0n) is 12.0. The van der Waals surface area contributed by atoms with Crippen molar-refractivity contribution >= 4 is 8.07 Å². The number of hydrogen-bond donors (Lipinski definition) is 0. The minimum absolute atomic E-state index is 0.539. The van der Waals surface area contributed by atoms with Crippen LogP contribution in [0.3, 0.4) is 0 Å². The van der Waals surface area contributed by atoms with Crippen LogP contribution in [0.1, 0.15) is 0 Å². The summed E-state index contributed by atoms with van der Waals surface area (Å²) in [6.45, 7) is 8.45. The lowest BCUT2D eigenvalue weighted by Crippen LogP contribution is -2.22. The summed E-state index contributed by atoms with van der Waals surface area (Å²) in [5.41, 5.74) is 2.14. The molecule has 2 rings (SSSR count). The lowest BCUT2D eigenvalue weighted by atomic mass is 10.2. The molecule has 102 valence electrons. The van der Waals surface area contributed by atoms with Crippen LogP contribution in [0.4, 0.5) is 0 Å². The Morgan fingerprint density at radius 2 is 1.84 bits per heavy atom. The topological polar surface area (TPSA) is 27.1 Å². The van der Waals surface area contributed by atoms with Crippen LogP contribution in [0.15, 0.2) is 42.6 Å². The lowest BCUT2D eigenvalue weighted by Gasteiger charge is -2.15. The van der Waals surface area contributed by atoms with E-state index in [1.54, 1.807) is 0 Å². The molecule has 0 aliphatic heterocycles. The van der Waals surface area contributed by atoms with Crippen molar-refractivity contribution in [2.75, 3.05) is 6.61 Å². The average Bonchev–Trinajstić information content (AvgIpc) is 2.83. The van der Waals surface area contributed by atoms with Gasteiger partial charge in [-0.1, -0.05) is 50.0 Å². The van der Waals surface area contributed by atoms with Crippen molar-refractivity contribution in [3.8, 4) is 11.3 Å². The van der Waals surface area contributed by atoms with Crippen LogP contribution in [0.25, 0.3) is 11.3 Å². The fourth-order valence-electron chi connectivity index (χ4n) is 1.73. The maximum Gasteiger partial charge on any atom is 0.139 e. The van der Waals surface area contributed by atoms with Gasteiger partial charge in [0.05, 0.1) is 5.69 Å². The first-order chi connectivity index (χ1) is 9.04. The van der Waals surface area contributed by atoms with Gasteiger partial charge in [-0.3, -0.25) is 0 Å². The van der Waals surface area contributed by atoms with Gasteiger partial charge in [-0.05, 0) is 12.1 Å². The summed E-state index contributed by atoms with van der Waals surface area (Å²) in [5.74, 6) is 0. The molecule has 0 saturated heterocycles. The van der Waals surface area contributed by atoms with Gasteiger partial charge in [0.1, 0.15) is 6.73 Å². The van der Waals surface area contributed by atoms with Gasteiger partial charge in [-0.25, -0.2) is 4.68 Å². The summed E-state index contributed by atoms with van der Waals surface area (Å²) in [6, 6.07) is 13.4. The maximum atomic E-state index is 5.68. The van der Waals surface area contributed by atoms with Crippen molar-refractivity contribution in [3.05, 3.63) is 42.6 Å². The van der Waals surface area contributed by atoms with Crippen molar-refractivity contribution in [2.24, 2.45) is 0 Å². The van der Waals surface area contributed by atoms with E-state index >= 15 is 0 Å². The summed E-state index contributed by atoms with van der Waals surface area (Å²) in [6.07, 6.45) is 1.97. The number of aromatic nitrogens is 2. The molecule has 1 heterocycles. The number of ether oxygens (including phenoxy) is 1. The van der Waals surface area contributed by atoms with Gasteiger partial charge in [-0.2, -0.15) is 5.10 Å². The van der Waals surface area contributed by atoms with Gasteiger partial charge in [0, 0.05) is 26.4 Å². The number of nitrogens with zero attached hydrogens (tertiary/aromatic N) is 2. The van der Waals surface area contributed by atoms with Gasteiger partial charge in [-0.15, -0.1) is 0 Å². The Bertz CT molecular complexity index is 502. The van der Waals surface area contributed by atoms with Crippen molar-refractivity contribution in [1.82, 2.24) is 9.78 Å². The van der Waals surface area contributed by atoms with Crippen molar-refractivity contribution < 1.29 is 4.74 Å². The fourth-order valence-corrected chi connectivity index (χ4v) is 2.49. The third kappa shape index (κ3) is 4.65. The van der Waals surface area contributed by atoms with E-state index in [2.05, 4.69) is 36.9 Å². The first kappa shape index (κ1) is 14.0. The third-order valence-electron chi connectivity index (χ3n) is 2.93. The largest absolute Gasteiger partial charge is 0.360 e. The van der Waals surface area contributed by atoms with Crippen LogP contribution in [-0.4, -0.2) is 24.5 Å². The smallest absolute Gasteiger partial charge is 0.139 e. The van der Waals surface area contributed by atoms with Gasteiger partial charge in [0.25, 0.3) is 0 Å². The highest BCUT2D eigenvalue weighted by atomic mass is 28.3. The van der Waals surface area contributed by atoms with Crippen molar-refractivity contribution in [3.63, 3.8) is 0 Å². The van der Waals surface area contributed by atoms with Gasteiger partial charge >= 0.3 is 0 Å². The second-order valence-electron chi connectivity index (χ2n) is 5.95. The fraction of sp³-hybridized carbons (Fsp3) is 0.400. The zero-order chi connectivity index (χ0) is 13.7. The molecule has 0 fully saturated rings. The second kappa shape index (κ2) is 6.17. The molecule has 3 nitrogen and oxygen atoms in total. The monoisotopic (exact) mass is 274 g/mol. The summed E-state index contributed by atoms with van der Waals surface area (Å²) < 4.78 is 7.53. The molecule has 2 aromatic rings. The van der Waals surface area contributed by atoms with E-state index in [1.807, 2.05) is 35.1 Å². The Hall–Kier alpha value is -1.39. The minimum Gasteiger partial charge on any atom is -0.360 e. The third-order valence-corrected chi connectivity index (χ3v) is 4.63. The summed E-state index contributed by atoms with van der Waals surface area (Å²) in [5, 5.41) is 4.52. The molecule has 1 aromatic heterocycles. The molecule has 0 aliphatic carbocycles. The Balaban J connectivity index is 1.85. The van der Waals surface area contributed by atoms with Crippen LogP contribution in [0.5, 0.6) is 0 Å². The van der Waals surface area contributed by atoms with Crippen molar-refractivity contribution in [2.45, 2.75) is 32.4 Å². The molecule has 4 heteroatoms. The molecule has 0 bridgehead atoms. The van der Waals surface area contributed by atoms with Crippen molar-refractivity contribution in [1.29, 1.82) is 0 Å². The molecular weight excluding hydrogens is 252 g/mol. The quantitative estimate of drug-likeness (QED) is 0.591. The Morgan fingerprint density at radius 1 is 1.11 bits per heavy atom. The highest BCUT2D eigenvalue weighted by Crippen LogP contribution is 2.15. The highest BCUT2D eigenvalue weighted by Gasteiger charge is 2.12. The van der Waals surface area contributed by atoms with E-state index < -0.39 is 8.07 Å². The normalized spacial score (nSPS) is 11.7.